The molecule has 6 nitrogen and oxygen atoms in total. The van der Waals surface area contributed by atoms with Crippen LogP contribution < -0.4 is 10.6 Å². The van der Waals surface area contributed by atoms with Gasteiger partial charge in [0, 0.05) is 25.6 Å². The highest BCUT2D eigenvalue weighted by atomic mass is 32.2. The lowest BCUT2D eigenvalue weighted by Gasteiger charge is -2.15. The van der Waals surface area contributed by atoms with Gasteiger partial charge in [0.05, 0.1) is 11.4 Å². The van der Waals surface area contributed by atoms with E-state index in [2.05, 4.69) is 10.6 Å². The summed E-state index contributed by atoms with van der Waals surface area (Å²) >= 11 is 0. The summed E-state index contributed by atoms with van der Waals surface area (Å²) in [5, 5.41) is 14.9. The summed E-state index contributed by atoms with van der Waals surface area (Å²) in [5.74, 6) is -0.905. The topological polar surface area (TPSA) is 95.5 Å². The summed E-state index contributed by atoms with van der Waals surface area (Å²) in [6.07, 6.45) is 2.77. The molecular formula is C12H22N2O4S. The van der Waals surface area contributed by atoms with Gasteiger partial charge in [-0.1, -0.05) is 12.8 Å². The molecule has 0 aromatic heterocycles. The van der Waals surface area contributed by atoms with E-state index in [9.17, 15) is 18.3 Å². The van der Waals surface area contributed by atoms with E-state index in [1.807, 2.05) is 0 Å². The van der Waals surface area contributed by atoms with Crippen LogP contribution in [0.4, 0.5) is 0 Å². The largest absolute Gasteiger partial charge is 0.391 e. The summed E-state index contributed by atoms with van der Waals surface area (Å²) in [6.45, 7) is 1.50. The first kappa shape index (κ1) is 14.7. The highest BCUT2D eigenvalue weighted by Gasteiger charge is 2.31. The number of hydrogen-bond acceptors (Lipinski definition) is 5. The van der Waals surface area contributed by atoms with Gasteiger partial charge in [-0.2, -0.15) is 0 Å². The maximum Gasteiger partial charge on any atom is 0.235 e. The Morgan fingerprint density at radius 1 is 1.26 bits per heavy atom. The van der Waals surface area contributed by atoms with Crippen LogP contribution in [0.15, 0.2) is 0 Å². The third-order valence-corrected chi connectivity index (χ3v) is 6.16. The molecule has 1 aliphatic carbocycles. The lowest BCUT2D eigenvalue weighted by Crippen LogP contribution is -2.39. The van der Waals surface area contributed by atoms with E-state index in [1.165, 1.54) is 0 Å². The molecule has 19 heavy (non-hydrogen) atoms. The molecule has 1 aliphatic heterocycles. The number of hydrogen-bond donors (Lipinski definition) is 3. The number of carbonyl (C=O) groups is 1. The van der Waals surface area contributed by atoms with Gasteiger partial charge in [0.15, 0.2) is 9.84 Å². The smallest absolute Gasteiger partial charge is 0.235 e. The second kappa shape index (κ2) is 6.19. The number of amides is 1. The standard InChI is InChI=1S/C12H22N2O4S/c15-11-7-13-5-9(11)6-14-12(16)8-19(17,18)10-3-1-2-4-10/h9-11,13,15H,1-8H2,(H,14,16). The molecule has 0 radical (unpaired) electrons. The molecule has 3 N–H and O–H groups in total. The van der Waals surface area contributed by atoms with Crippen LogP contribution in [0, 0.1) is 5.92 Å². The summed E-state index contributed by atoms with van der Waals surface area (Å²) < 4.78 is 24.0. The SMILES string of the molecule is O=C(CS(=O)(=O)C1CCCC1)NCC1CNCC1O. The van der Waals surface area contributed by atoms with Gasteiger partial charge >= 0.3 is 0 Å². The second-order valence-corrected chi connectivity index (χ2v) is 7.78. The average Bonchev–Trinajstić information content (AvgIpc) is 2.96. The number of aliphatic hydroxyl groups excluding tert-OH is 1. The molecule has 2 fully saturated rings. The van der Waals surface area contributed by atoms with Crippen LogP contribution in [0.2, 0.25) is 0 Å². The molecule has 2 rings (SSSR count). The fraction of sp³-hybridized carbons (Fsp3) is 0.917. The zero-order valence-electron chi connectivity index (χ0n) is 11.0. The van der Waals surface area contributed by atoms with Crippen LogP contribution in [-0.4, -0.2) is 56.2 Å². The van der Waals surface area contributed by atoms with Crippen LogP contribution in [0.3, 0.4) is 0 Å². The summed E-state index contributed by atoms with van der Waals surface area (Å²) in [7, 11) is -3.31. The first-order chi connectivity index (χ1) is 8.99. The Morgan fingerprint density at radius 3 is 2.53 bits per heavy atom. The van der Waals surface area contributed by atoms with Crippen molar-refractivity contribution in [1.82, 2.24) is 10.6 Å². The van der Waals surface area contributed by atoms with E-state index in [1.54, 1.807) is 0 Å². The predicted octanol–water partition coefficient (Wildman–Crippen LogP) is -0.960. The minimum absolute atomic E-state index is 0.0295. The van der Waals surface area contributed by atoms with Crippen molar-refractivity contribution in [1.29, 1.82) is 0 Å². The van der Waals surface area contributed by atoms with Crippen molar-refractivity contribution in [2.45, 2.75) is 37.0 Å². The molecule has 1 saturated carbocycles. The van der Waals surface area contributed by atoms with Crippen LogP contribution in [0.25, 0.3) is 0 Å². The van der Waals surface area contributed by atoms with E-state index in [-0.39, 0.29) is 11.2 Å². The van der Waals surface area contributed by atoms with Crippen molar-refractivity contribution in [2.75, 3.05) is 25.4 Å². The van der Waals surface area contributed by atoms with E-state index in [0.717, 1.165) is 12.8 Å². The molecule has 1 saturated heterocycles. The van der Waals surface area contributed by atoms with Gasteiger partial charge in [0.1, 0.15) is 5.75 Å². The number of aliphatic hydroxyl groups is 1. The first-order valence-electron chi connectivity index (χ1n) is 6.86. The summed E-state index contributed by atoms with van der Waals surface area (Å²) in [5.41, 5.74) is 0. The van der Waals surface area contributed by atoms with Crippen molar-refractivity contribution >= 4 is 15.7 Å². The van der Waals surface area contributed by atoms with Crippen molar-refractivity contribution in [2.24, 2.45) is 5.92 Å². The van der Waals surface area contributed by atoms with Gasteiger partial charge in [0.2, 0.25) is 5.91 Å². The quantitative estimate of drug-likeness (QED) is 0.606. The zero-order chi connectivity index (χ0) is 13.9. The highest BCUT2D eigenvalue weighted by molar-refractivity contribution is 7.92. The zero-order valence-corrected chi connectivity index (χ0v) is 11.8. The molecule has 2 unspecified atom stereocenters. The van der Waals surface area contributed by atoms with E-state index in [0.29, 0.717) is 32.5 Å². The van der Waals surface area contributed by atoms with Gasteiger partial charge in [-0.15, -0.1) is 0 Å². The van der Waals surface area contributed by atoms with E-state index >= 15 is 0 Å². The van der Waals surface area contributed by atoms with Crippen molar-refractivity contribution < 1.29 is 18.3 Å². The second-order valence-electron chi connectivity index (χ2n) is 5.50. The molecule has 110 valence electrons. The number of β-amino-alcohol motifs (C(OH)–C–C–N with tert-alkyl or cyclic N) is 1. The van der Waals surface area contributed by atoms with E-state index < -0.39 is 27.6 Å². The molecule has 0 aromatic carbocycles. The Morgan fingerprint density at radius 2 is 1.95 bits per heavy atom. The molecular weight excluding hydrogens is 268 g/mol. The lowest BCUT2D eigenvalue weighted by molar-refractivity contribution is -0.118. The van der Waals surface area contributed by atoms with Crippen LogP contribution in [0.5, 0.6) is 0 Å². The number of nitrogens with one attached hydrogen (secondary N) is 2. The molecule has 0 spiro atoms. The maximum atomic E-state index is 12.0. The van der Waals surface area contributed by atoms with Crippen molar-refractivity contribution in [3.63, 3.8) is 0 Å². The fourth-order valence-corrected chi connectivity index (χ4v) is 4.53. The Kier molecular flexibility index (Phi) is 4.81. The first-order valence-corrected chi connectivity index (χ1v) is 8.57. The van der Waals surface area contributed by atoms with Crippen LogP contribution in [0.1, 0.15) is 25.7 Å². The summed E-state index contributed by atoms with van der Waals surface area (Å²) in [6, 6.07) is 0. The van der Waals surface area contributed by atoms with Crippen LogP contribution >= 0.6 is 0 Å². The van der Waals surface area contributed by atoms with Gasteiger partial charge in [-0.25, -0.2) is 8.42 Å². The normalized spacial score (nSPS) is 28.7. The van der Waals surface area contributed by atoms with Gasteiger partial charge < -0.3 is 15.7 Å². The van der Waals surface area contributed by atoms with Gasteiger partial charge in [0.25, 0.3) is 0 Å². The lowest BCUT2D eigenvalue weighted by atomic mass is 10.1. The molecule has 7 heteroatoms. The van der Waals surface area contributed by atoms with Gasteiger partial charge in [-0.3, -0.25) is 4.79 Å². The van der Waals surface area contributed by atoms with Crippen LogP contribution in [-0.2, 0) is 14.6 Å². The maximum absolute atomic E-state index is 12.0. The van der Waals surface area contributed by atoms with Crippen molar-refractivity contribution in [3.05, 3.63) is 0 Å². The minimum atomic E-state index is -3.31. The molecule has 1 amide bonds. The molecule has 1 heterocycles. The van der Waals surface area contributed by atoms with Gasteiger partial charge in [-0.05, 0) is 12.8 Å². The summed E-state index contributed by atoms with van der Waals surface area (Å²) in [4.78, 5) is 11.7. The van der Waals surface area contributed by atoms with Crippen molar-refractivity contribution in [3.8, 4) is 0 Å². The predicted molar refractivity (Wildman–Crippen MR) is 71.4 cm³/mol. The number of rotatable bonds is 5. The minimum Gasteiger partial charge on any atom is -0.391 e. The monoisotopic (exact) mass is 290 g/mol. The Balaban J connectivity index is 1.77. The number of carbonyl (C=O) groups excluding carboxylic acids is 1. The fourth-order valence-electron chi connectivity index (χ4n) is 2.77. The average molecular weight is 290 g/mol. The molecule has 2 atom stereocenters. The number of sulfone groups is 1. The molecule has 0 bridgehead atoms. The third kappa shape index (κ3) is 3.90. The Labute approximate surface area is 113 Å². The molecule has 2 aliphatic rings. The van der Waals surface area contributed by atoms with E-state index in [4.69, 9.17) is 0 Å². The Hall–Kier alpha value is -0.660. The molecule has 0 aromatic rings. The Bertz CT molecular complexity index is 417. The highest BCUT2D eigenvalue weighted by Crippen LogP contribution is 2.25. The third-order valence-electron chi connectivity index (χ3n) is 4.01.